The van der Waals surface area contributed by atoms with Gasteiger partial charge in [0.05, 0.1) is 34.5 Å². The van der Waals surface area contributed by atoms with Gasteiger partial charge in [0.15, 0.2) is 17.5 Å². The number of methoxy groups -OCH3 is 3. The van der Waals surface area contributed by atoms with Crippen molar-refractivity contribution in [2.45, 2.75) is 32.9 Å². The summed E-state index contributed by atoms with van der Waals surface area (Å²) in [7, 11) is 4.81. The Morgan fingerprint density at radius 1 is 0.968 bits per heavy atom. The van der Waals surface area contributed by atoms with Crippen LogP contribution in [0.1, 0.15) is 30.9 Å². The van der Waals surface area contributed by atoms with Crippen molar-refractivity contribution in [2.75, 3.05) is 34.5 Å². The van der Waals surface area contributed by atoms with E-state index in [1.165, 1.54) is 12.8 Å². The van der Waals surface area contributed by atoms with Crippen molar-refractivity contribution in [3.8, 4) is 23.0 Å². The SMILES string of the molecule is CCNC(=NCc1cc(OC)c(OC)c(OC)c1)NCc1ccccc1OCC1CC1. The van der Waals surface area contributed by atoms with Crippen molar-refractivity contribution in [2.24, 2.45) is 10.9 Å². The number of nitrogens with zero attached hydrogens (tertiary/aromatic N) is 1. The van der Waals surface area contributed by atoms with Crippen LogP contribution in [0.15, 0.2) is 41.4 Å². The maximum Gasteiger partial charge on any atom is 0.203 e. The average molecular weight is 428 g/mol. The first-order valence-electron chi connectivity index (χ1n) is 10.7. The van der Waals surface area contributed by atoms with E-state index in [1.54, 1.807) is 21.3 Å². The van der Waals surface area contributed by atoms with Crippen molar-refractivity contribution >= 4 is 5.96 Å². The fourth-order valence-electron chi connectivity index (χ4n) is 3.20. The first kappa shape index (κ1) is 22.6. The second-order valence-corrected chi connectivity index (χ2v) is 7.44. The third-order valence-electron chi connectivity index (χ3n) is 5.08. The molecular formula is C24H33N3O4. The number of guanidine groups is 1. The fourth-order valence-corrected chi connectivity index (χ4v) is 3.20. The second-order valence-electron chi connectivity index (χ2n) is 7.44. The van der Waals surface area contributed by atoms with Gasteiger partial charge in [0.2, 0.25) is 5.75 Å². The molecule has 0 atom stereocenters. The molecule has 2 aromatic rings. The summed E-state index contributed by atoms with van der Waals surface area (Å²) in [5, 5.41) is 6.70. The Balaban J connectivity index is 1.68. The number of hydrogen-bond acceptors (Lipinski definition) is 5. The lowest BCUT2D eigenvalue weighted by Gasteiger charge is -2.15. The summed E-state index contributed by atoms with van der Waals surface area (Å²) in [6.45, 7) is 4.70. The zero-order valence-electron chi connectivity index (χ0n) is 18.9. The average Bonchev–Trinajstić information content (AvgIpc) is 3.63. The quantitative estimate of drug-likeness (QED) is 0.420. The molecule has 0 aromatic heterocycles. The van der Waals surface area contributed by atoms with Crippen molar-refractivity contribution in [3.05, 3.63) is 47.5 Å². The lowest BCUT2D eigenvalue weighted by molar-refractivity contribution is 0.296. The third kappa shape index (κ3) is 6.44. The molecule has 7 nitrogen and oxygen atoms in total. The normalized spacial score (nSPS) is 13.5. The van der Waals surface area contributed by atoms with E-state index in [0.29, 0.717) is 30.3 Å². The van der Waals surface area contributed by atoms with Gasteiger partial charge in [0, 0.05) is 18.7 Å². The molecular weight excluding hydrogens is 394 g/mol. The van der Waals surface area contributed by atoms with Crippen molar-refractivity contribution in [3.63, 3.8) is 0 Å². The Morgan fingerprint density at radius 3 is 2.29 bits per heavy atom. The second kappa shape index (κ2) is 11.3. The minimum Gasteiger partial charge on any atom is -0.493 e. The van der Waals surface area contributed by atoms with Crippen molar-refractivity contribution in [1.82, 2.24) is 10.6 Å². The maximum atomic E-state index is 6.02. The van der Waals surface area contributed by atoms with Crippen molar-refractivity contribution < 1.29 is 18.9 Å². The molecule has 1 aliphatic carbocycles. The molecule has 0 aliphatic heterocycles. The number of rotatable bonds is 11. The van der Waals surface area contributed by atoms with Crippen LogP contribution in [0, 0.1) is 5.92 Å². The summed E-state index contributed by atoms with van der Waals surface area (Å²) in [6, 6.07) is 12.0. The van der Waals surface area contributed by atoms with E-state index in [0.717, 1.165) is 41.9 Å². The molecule has 31 heavy (non-hydrogen) atoms. The zero-order chi connectivity index (χ0) is 22.1. The third-order valence-corrected chi connectivity index (χ3v) is 5.08. The predicted molar refractivity (Wildman–Crippen MR) is 122 cm³/mol. The van der Waals surface area contributed by atoms with Gasteiger partial charge >= 0.3 is 0 Å². The van der Waals surface area contributed by atoms with Gasteiger partial charge in [-0.2, -0.15) is 0 Å². The van der Waals surface area contributed by atoms with Gasteiger partial charge in [-0.3, -0.25) is 0 Å². The Hall–Kier alpha value is -3.09. The number of aliphatic imine (C=N–C) groups is 1. The maximum absolute atomic E-state index is 6.02. The van der Waals surface area contributed by atoms with Gasteiger partial charge in [-0.25, -0.2) is 4.99 Å². The molecule has 168 valence electrons. The zero-order valence-corrected chi connectivity index (χ0v) is 18.9. The molecule has 0 unspecified atom stereocenters. The van der Waals surface area contributed by atoms with Crippen LogP contribution >= 0.6 is 0 Å². The summed E-state index contributed by atoms with van der Waals surface area (Å²) >= 11 is 0. The van der Waals surface area contributed by atoms with Crippen LogP contribution < -0.4 is 29.6 Å². The van der Waals surface area contributed by atoms with Crippen molar-refractivity contribution in [1.29, 1.82) is 0 Å². The van der Waals surface area contributed by atoms with Crippen LogP contribution in [0.5, 0.6) is 23.0 Å². The Morgan fingerprint density at radius 2 is 1.68 bits per heavy atom. The molecule has 0 heterocycles. The van der Waals surface area contributed by atoms with Crippen LogP contribution in [0.25, 0.3) is 0 Å². The number of nitrogens with one attached hydrogen (secondary N) is 2. The van der Waals surface area contributed by atoms with E-state index in [9.17, 15) is 0 Å². The highest BCUT2D eigenvalue weighted by Gasteiger charge is 2.22. The summed E-state index contributed by atoms with van der Waals surface area (Å²) in [5.74, 6) is 4.19. The van der Waals surface area contributed by atoms with Crippen LogP contribution in [-0.4, -0.2) is 40.4 Å². The number of hydrogen-bond donors (Lipinski definition) is 2. The molecule has 3 rings (SSSR count). The molecule has 7 heteroatoms. The first-order valence-corrected chi connectivity index (χ1v) is 10.7. The van der Waals surface area contributed by atoms with Gasteiger partial charge in [0.25, 0.3) is 0 Å². The Labute approximate surface area is 184 Å². The highest BCUT2D eigenvalue weighted by atomic mass is 16.5. The lowest BCUT2D eigenvalue weighted by atomic mass is 10.2. The van der Waals surface area contributed by atoms with E-state index >= 15 is 0 Å². The van der Waals surface area contributed by atoms with Gasteiger partial charge in [0.1, 0.15) is 5.75 Å². The van der Waals surface area contributed by atoms with Crippen LogP contribution in [0.3, 0.4) is 0 Å². The molecule has 0 amide bonds. The van der Waals surface area contributed by atoms with Gasteiger partial charge in [-0.1, -0.05) is 18.2 Å². The van der Waals surface area contributed by atoms with Crippen LogP contribution in [0.4, 0.5) is 0 Å². The Kier molecular flexibility index (Phi) is 8.27. The largest absolute Gasteiger partial charge is 0.493 e. The summed E-state index contributed by atoms with van der Waals surface area (Å²) < 4.78 is 22.3. The molecule has 2 aromatic carbocycles. The molecule has 0 radical (unpaired) electrons. The number of benzene rings is 2. The first-order chi connectivity index (χ1) is 15.2. The minimum absolute atomic E-state index is 0.464. The highest BCUT2D eigenvalue weighted by molar-refractivity contribution is 5.79. The van der Waals surface area contributed by atoms with E-state index in [2.05, 4.69) is 16.7 Å². The smallest absolute Gasteiger partial charge is 0.203 e. The van der Waals surface area contributed by atoms with Gasteiger partial charge in [-0.15, -0.1) is 0 Å². The van der Waals surface area contributed by atoms with E-state index in [4.69, 9.17) is 23.9 Å². The Bertz CT molecular complexity index is 856. The molecule has 0 spiro atoms. The molecule has 0 saturated heterocycles. The molecule has 0 bridgehead atoms. The van der Waals surface area contributed by atoms with Crippen LogP contribution in [-0.2, 0) is 13.1 Å². The highest BCUT2D eigenvalue weighted by Crippen LogP contribution is 2.38. The summed E-state index contributed by atoms with van der Waals surface area (Å²) in [6.07, 6.45) is 2.55. The van der Waals surface area contributed by atoms with Crippen LogP contribution in [0.2, 0.25) is 0 Å². The minimum atomic E-state index is 0.464. The lowest BCUT2D eigenvalue weighted by Crippen LogP contribution is -2.36. The van der Waals surface area contributed by atoms with E-state index in [1.807, 2.05) is 37.3 Å². The molecule has 1 saturated carbocycles. The van der Waals surface area contributed by atoms with E-state index in [-0.39, 0.29) is 0 Å². The number of ether oxygens (including phenoxy) is 4. The monoisotopic (exact) mass is 427 g/mol. The molecule has 1 aliphatic rings. The summed E-state index contributed by atoms with van der Waals surface area (Å²) in [4.78, 5) is 4.72. The predicted octanol–water partition coefficient (Wildman–Crippen LogP) is 3.76. The van der Waals surface area contributed by atoms with Gasteiger partial charge < -0.3 is 29.6 Å². The topological polar surface area (TPSA) is 73.3 Å². The van der Waals surface area contributed by atoms with E-state index < -0.39 is 0 Å². The summed E-state index contributed by atoms with van der Waals surface area (Å²) in [5.41, 5.74) is 2.07. The van der Waals surface area contributed by atoms with Gasteiger partial charge in [-0.05, 0) is 49.4 Å². The molecule has 2 N–H and O–H groups in total. The standard InChI is InChI=1S/C24H33N3O4/c1-5-25-24(26-14-18-12-21(28-2)23(30-4)22(13-18)29-3)27-15-19-8-6-7-9-20(19)31-16-17-10-11-17/h6-9,12-13,17H,5,10-11,14-16H2,1-4H3,(H2,25,26,27). The molecule has 1 fully saturated rings. The fraction of sp³-hybridized carbons (Fsp3) is 0.458. The number of para-hydroxylation sites is 1.